The highest BCUT2D eigenvalue weighted by Gasteiger charge is 2.43. The van der Waals surface area contributed by atoms with Gasteiger partial charge in [0.05, 0.1) is 6.61 Å². The minimum Gasteiger partial charge on any atom is -0.377 e. The van der Waals surface area contributed by atoms with Crippen molar-refractivity contribution in [2.24, 2.45) is 0 Å². The van der Waals surface area contributed by atoms with Crippen molar-refractivity contribution < 1.29 is 18.1 Å². The molecule has 0 bridgehead atoms. The maximum atomic E-state index is 6.13. The van der Waals surface area contributed by atoms with Crippen LogP contribution in [-0.2, 0) is 18.1 Å². The Bertz CT molecular complexity index is 295. The van der Waals surface area contributed by atoms with E-state index in [2.05, 4.69) is 32.8 Å². The van der Waals surface area contributed by atoms with E-state index < -0.39 is 8.80 Å². The Morgan fingerprint density at radius 2 is 1.38 bits per heavy atom. The topological polar surface area (TPSA) is 40.2 Å². The molecule has 0 aromatic rings. The van der Waals surface area contributed by atoms with Gasteiger partial charge in [-0.3, -0.25) is 4.84 Å². The molecule has 1 aliphatic heterocycles. The van der Waals surface area contributed by atoms with Gasteiger partial charge in [0.2, 0.25) is 0 Å². The first kappa shape index (κ1) is 19.1. The Balaban J connectivity index is 2.50. The Hall–Kier alpha value is 0.0169. The van der Waals surface area contributed by atoms with Crippen LogP contribution in [0.2, 0.25) is 6.04 Å². The van der Waals surface area contributed by atoms with Crippen LogP contribution in [0.4, 0.5) is 0 Å². The lowest BCUT2D eigenvalue weighted by Gasteiger charge is -2.51. The van der Waals surface area contributed by atoms with Crippen LogP contribution in [0.3, 0.4) is 0 Å². The second-order valence-corrected chi connectivity index (χ2v) is 10.1. The molecule has 0 N–H and O–H groups in total. The quantitative estimate of drug-likeness (QED) is 0.507. The minimum atomic E-state index is -2.47. The summed E-state index contributed by atoms with van der Waals surface area (Å²) < 4.78 is 16.3. The molecule has 1 rings (SSSR count). The highest BCUT2D eigenvalue weighted by molar-refractivity contribution is 6.60. The van der Waals surface area contributed by atoms with Gasteiger partial charge in [-0.2, -0.15) is 5.06 Å². The van der Waals surface area contributed by atoms with Crippen LogP contribution in [0.5, 0.6) is 0 Å². The van der Waals surface area contributed by atoms with E-state index in [1.165, 1.54) is 19.3 Å². The lowest BCUT2D eigenvalue weighted by Crippen LogP contribution is -2.58. The predicted molar refractivity (Wildman–Crippen MR) is 86.0 cm³/mol. The van der Waals surface area contributed by atoms with E-state index >= 15 is 0 Å². The van der Waals surface area contributed by atoms with Crippen molar-refractivity contribution in [3.63, 3.8) is 0 Å². The summed E-state index contributed by atoms with van der Waals surface area (Å²) in [6.45, 7) is 9.69. The van der Waals surface area contributed by atoms with Crippen LogP contribution in [0, 0.1) is 0 Å². The van der Waals surface area contributed by atoms with Crippen LogP contribution in [0.1, 0.15) is 53.4 Å². The van der Waals surface area contributed by atoms with Crippen molar-refractivity contribution in [1.29, 1.82) is 0 Å². The van der Waals surface area contributed by atoms with E-state index in [1.807, 2.05) is 0 Å². The van der Waals surface area contributed by atoms with E-state index in [4.69, 9.17) is 18.1 Å². The Kier molecular flexibility index (Phi) is 6.83. The van der Waals surface area contributed by atoms with Gasteiger partial charge in [0.1, 0.15) is 0 Å². The number of rotatable bonds is 8. The maximum absolute atomic E-state index is 6.13. The highest BCUT2D eigenvalue weighted by atomic mass is 28.4. The summed E-state index contributed by atoms with van der Waals surface area (Å²) in [6.07, 6.45) is 4.46. The molecule has 21 heavy (non-hydrogen) atoms. The molecule has 0 amide bonds. The van der Waals surface area contributed by atoms with E-state index in [0.29, 0.717) is 6.61 Å². The fraction of sp³-hybridized carbons (Fsp3) is 1.00. The standard InChI is InChI=1S/C15H33NO4Si/c1-14(2)10-8-11-15(3,4)16(14)20-12-9-13-21(17-5,18-6)19-7/h8-13H2,1-7H3. The van der Waals surface area contributed by atoms with Crippen LogP contribution in [0.15, 0.2) is 0 Å². The van der Waals surface area contributed by atoms with Crippen LogP contribution in [-0.4, -0.2) is 52.9 Å². The summed E-state index contributed by atoms with van der Waals surface area (Å²) >= 11 is 0. The van der Waals surface area contributed by atoms with Crippen LogP contribution < -0.4 is 0 Å². The number of nitrogens with zero attached hydrogens (tertiary/aromatic N) is 1. The summed E-state index contributed by atoms with van der Waals surface area (Å²) in [7, 11) is 2.48. The van der Waals surface area contributed by atoms with Gasteiger partial charge in [-0.25, -0.2) is 0 Å². The number of piperidine rings is 1. The van der Waals surface area contributed by atoms with Gasteiger partial charge in [0.25, 0.3) is 0 Å². The Morgan fingerprint density at radius 1 is 0.905 bits per heavy atom. The Labute approximate surface area is 131 Å². The zero-order valence-electron chi connectivity index (χ0n) is 14.8. The molecule has 0 spiro atoms. The molecule has 1 saturated heterocycles. The van der Waals surface area contributed by atoms with E-state index in [0.717, 1.165) is 12.5 Å². The molecule has 0 saturated carbocycles. The fourth-order valence-corrected chi connectivity index (χ4v) is 5.02. The second kappa shape index (κ2) is 7.52. The van der Waals surface area contributed by atoms with E-state index in [-0.39, 0.29) is 11.1 Å². The van der Waals surface area contributed by atoms with Gasteiger partial charge in [-0.15, -0.1) is 0 Å². The lowest BCUT2D eigenvalue weighted by molar-refractivity contribution is -0.280. The third kappa shape index (κ3) is 4.74. The summed E-state index contributed by atoms with van der Waals surface area (Å²) in [6, 6.07) is 0.769. The first-order valence-corrected chi connectivity index (χ1v) is 9.75. The van der Waals surface area contributed by atoms with Gasteiger partial charge in [0.15, 0.2) is 0 Å². The van der Waals surface area contributed by atoms with Crippen LogP contribution in [0.25, 0.3) is 0 Å². The number of hydrogen-bond donors (Lipinski definition) is 0. The monoisotopic (exact) mass is 319 g/mol. The van der Waals surface area contributed by atoms with Crippen molar-refractivity contribution in [3.8, 4) is 0 Å². The molecular formula is C15H33NO4Si. The molecule has 1 aliphatic rings. The minimum absolute atomic E-state index is 0.0834. The molecule has 0 aromatic carbocycles. The van der Waals surface area contributed by atoms with Crippen molar-refractivity contribution >= 4 is 8.80 Å². The van der Waals surface area contributed by atoms with Crippen molar-refractivity contribution in [2.75, 3.05) is 27.9 Å². The van der Waals surface area contributed by atoms with Gasteiger partial charge in [0, 0.05) is 38.5 Å². The zero-order chi connectivity index (χ0) is 16.1. The van der Waals surface area contributed by atoms with Gasteiger partial charge in [-0.05, 0) is 53.4 Å². The van der Waals surface area contributed by atoms with E-state index in [9.17, 15) is 0 Å². The van der Waals surface area contributed by atoms with E-state index in [1.54, 1.807) is 21.3 Å². The highest BCUT2D eigenvalue weighted by Crippen LogP contribution is 2.38. The third-order valence-corrected chi connectivity index (χ3v) is 7.29. The van der Waals surface area contributed by atoms with Crippen LogP contribution >= 0.6 is 0 Å². The SMILES string of the molecule is CO[Si](CCCON1C(C)(C)CCCC1(C)C)(OC)OC. The summed E-state index contributed by atoms with van der Waals surface area (Å²) in [5.74, 6) is 0. The molecule has 6 heteroatoms. The predicted octanol–water partition coefficient (Wildman–Crippen LogP) is 3.23. The molecule has 0 aromatic heterocycles. The zero-order valence-corrected chi connectivity index (χ0v) is 15.8. The summed E-state index contributed by atoms with van der Waals surface area (Å²) in [4.78, 5) is 6.13. The number of hydrogen-bond acceptors (Lipinski definition) is 5. The molecule has 1 heterocycles. The smallest absolute Gasteiger partial charge is 0.377 e. The normalized spacial score (nSPS) is 22.4. The molecule has 0 aliphatic carbocycles. The first-order chi connectivity index (χ1) is 9.73. The van der Waals surface area contributed by atoms with Crippen molar-refractivity contribution in [3.05, 3.63) is 0 Å². The van der Waals surface area contributed by atoms with Gasteiger partial charge >= 0.3 is 8.80 Å². The molecule has 0 unspecified atom stereocenters. The maximum Gasteiger partial charge on any atom is 0.500 e. The molecular weight excluding hydrogens is 286 g/mol. The molecule has 0 radical (unpaired) electrons. The molecule has 0 atom stereocenters. The molecule has 5 nitrogen and oxygen atoms in total. The number of hydroxylamine groups is 2. The largest absolute Gasteiger partial charge is 0.500 e. The average molecular weight is 320 g/mol. The first-order valence-electron chi connectivity index (χ1n) is 7.82. The fourth-order valence-electron chi connectivity index (χ4n) is 3.33. The average Bonchev–Trinajstić information content (AvgIpc) is 2.41. The van der Waals surface area contributed by atoms with Crippen molar-refractivity contribution in [1.82, 2.24) is 5.06 Å². The summed E-state index contributed by atoms with van der Waals surface area (Å²) in [5.41, 5.74) is 0.167. The van der Waals surface area contributed by atoms with Crippen molar-refractivity contribution in [2.45, 2.75) is 70.5 Å². The molecule has 126 valence electrons. The summed E-state index contributed by atoms with van der Waals surface area (Å²) in [5, 5.41) is 2.19. The molecule has 1 fully saturated rings. The second-order valence-electron chi connectivity index (χ2n) is 7.00. The lowest BCUT2D eigenvalue weighted by atomic mass is 9.82. The Morgan fingerprint density at radius 3 is 1.81 bits per heavy atom. The van der Waals surface area contributed by atoms with Gasteiger partial charge < -0.3 is 13.3 Å². The van der Waals surface area contributed by atoms with Gasteiger partial charge in [-0.1, -0.05) is 0 Å². The third-order valence-electron chi connectivity index (χ3n) is 4.46.